The molecule has 0 unspecified atom stereocenters. The number of carbonyl (C=O) groups is 3. The van der Waals surface area contributed by atoms with Gasteiger partial charge in [-0.25, -0.2) is 4.79 Å². The van der Waals surface area contributed by atoms with Gasteiger partial charge in [-0.05, 0) is 34.7 Å². The monoisotopic (exact) mass is 299 g/mol. The summed E-state index contributed by atoms with van der Waals surface area (Å²) < 4.78 is 0. The number of aliphatic carboxylic acids is 1. The van der Waals surface area contributed by atoms with Crippen molar-refractivity contribution in [2.24, 2.45) is 5.41 Å². The highest BCUT2D eigenvalue weighted by atomic mass is 16.4. The van der Waals surface area contributed by atoms with Crippen molar-refractivity contribution in [3.63, 3.8) is 0 Å². The smallest absolute Gasteiger partial charge is 0.324 e. The molecule has 0 spiro atoms. The molecule has 0 aromatic carbocycles. The van der Waals surface area contributed by atoms with Crippen LogP contribution in [-0.4, -0.2) is 65.0 Å². The van der Waals surface area contributed by atoms with Crippen molar-refractivity contribution in [3.05, 3.63) is 0 Å². The summed E-state index contributed by atoms with van der Waals surface area (Å²) >= 11 is 0. The van der Waals surface area contributed by atoms with Gasteiger partial charge < -0.3 is 10.0 Å². The highest BCUT2D eigenvalue weighted by Crippen LogP contribution is 2.21. The van der Waals surface area contributed by atoms with E-state index >= 15 is 0 Å². The second kappa shape index (κ2) is 6.01. The zero-order valence-corrected chi connectivity index (χ0v) is 13.4. The van der Waals surface area contributed by atoms with E-state index in [1.54, 1.807) is 4.90 Å². The Hall–Kier alpha value is -1.63. The molecule has 1 aliphatic heterocycles. The maximum Gasteiger partial charge on any atom is 0.324 e. The average Bonchev–Trinajstić information content (AvgIpc) is 2.31. The lowest BCUT2D eigenvalue weighted by molar-refractivity contribution is -0.149. The number of piperazine rings is 1. The molecule has 1 aliphatic rings. The minimum absolute atomic E-state index is 0.154. The molecule has 1 fully saturated rings. The van der Waals surface area contributed by atoms with Gasteiger partial charge in [0.25, 0.3) is 0 Å². The number of urea groups is 1. The normalized spacial score (nSPS) is 19.2. The third-order valence-electron chi connectivity index (χ3n) is 4.03. The molecule has 0 atom stereocenters. The fourth-order valence-corrected chi connectivity index (χ4v) is 2.13. The summed E-state index contributed by atoms with van der Waals surface area (Å²) in [5, 5.41) is 11.3. The van der Waals surface area contributed by atoms with Gasteiger partial charge in [-0.15, -0.1) is 0 Å². The number of rotatable bonds is 3. The molecule has 7 heteroatoms. The maximum absolute atomic E-state index is 12.1. The van der Waals surface area contributed by atoms with Gasteiger partial charge in [-0.2, -0.15) is 0 Å². The van der Waals surface area contributed by atoms with Gasteiger partial charge in [0.05, 0.1) is 5.41 Å². The lowest BCUT2D eigenvalue weighted by atomic mass is 9.89. The second-order valence-electron chi connectivity index (χ2n) is 6.87. The van der Waals surface area contributed by atoms with Crippen LogP contribution in [0.5, 0.6) is 0 Å². The Morgan fingerprint density at radius 1 is 1.24 bits per heavy atom. The zero-order chi connectivity index (χ0) is 16.4. The number of nitrogens with one attached hydrogen (secondary N) is 1. The topological polar surface area (TPSA) is 90.0 Å². The number of hydrogen-bond acceptors (Lipinski definition) is 4. The Labute approximate surface area is 125 Å². The summed E-state index contributed by atoms with van der Waals surface area (Å²) in [6, 6.07) is -0.456. The van der Waals surface area contributed by atoms with E-state index in [9.17, 15) is 14.4 Å². The molecule has 3 amide bonds. The largest absolute Gasteiger partial charge is 0.481 e. The van der Waals surface area contributed by atoms with Crippen LogP contribution < -0.4 is 5.32 Å². The predicted octanol–water partition coefficient (Wildman–Crippen LogP) is 0.749. The van der Waals surface area contributed by atoms with Crippen LogP contribution in [0.25, 0.3) is 0 Å². The van der Waals surface area contributed by atoms with E-state index in [0.717, 1.165) is 6.54 Å². The molecule has 1 heterocycles. The third-order valence-corrected chi connectivity index (χ3v) is 4.03. The van der Waals surface area contributed by atoms with E-state index in [0.29, 0.717) is 13.1 Å². The summed E-state index contributed by atoms with van der Waals surface area (Å²) in [6.07, 6.45) is -0.231. The molecule has 0 saturated carbocycles. The minimum Gasteiger partial charge on any atom is -0.481 e. The molecule has 120 valence electrons. The summed E-state index contributed by atoms with van der Waals surface area (Å²) in [4.78, 5) is 38.6. The molecule has 0 bridgehead atoms. The fourth-order valence-electron chi connectivity index (χ4n) is 2.13. The minimum atomic E-state index is -1.19. The first-order chi connectivity index (χ1) is 9.45. The SMILES string of the molecule is CN1CCN(C(=O)NC(=O)CC(C)(C)C(=O)O)CC1(C)C. The molecule has 0 radical (unpaired) electrons. The van der Waals surface area contributed by atoms with Gasteiger partial charge in [0.2, 0.25) is 5.91 Å². The Morgan fingerprint density at radius 3 is 2.29 bits per heavy atom. The van der Waals surface area contributed by atoms with Gasteiger partial charge in [0.15, 0.2) is 0 Å². The number of likely N-dealkylation sites (N-methyl/N-ethyl adjacent to an activating group) is 1. The molecule has 21 heavy (non-hydrogen) atoms. The summed E-state index contributed by atoms with van der Waals surface area (Å²) in [5.74, 6) is -1.63. The number of carboxylic acids is 1. The highest BCUT2D eigenvalue weighted by Gasteiger charge is 2.35. The first-order valence-electron chi connectivity index (χ1n) is 6.99. The van der Waals surface area contributed by atoms with Gasteiger partial charge in [-0.3, -0.25) is 19.8 Å². The molecule has 0 aromatic heterocycles. The van der Waals surface area contributed by atoms with Crippen molar-refractivity contribution >= 4 is 17.9 Å². The summed E-state index contributed by atoms with van der Waals surface area (Å²) in [5.41, 5.74) is -1.34. The van der Waals surface area contributed by atoms with Crippen LogP contribution in [0, 0.1) is 5.41 Å². The standard InChI is InChI=1S/C14H25N3O4/c1-13(2,11(19)20)8-10(18)15-12(21)17-7-6-16(5)14(3,4)9-17/h6-9H2,1-5H3,(H,19,20)(H,15,18,21). The number of nitrogens with zero attached hydrogens (tertiary/aromatic N) is 2. The van der Waals surface area contributed by atoms with E-state index in [1.165, 1.54) is 13.8 Å². The zero-order valence-electron chi connectivity index (χ0n) is 13.4. The number of carboxylic acid groups (broad SMARTS) is 1. The quantitative estimate of drug-likeness (QED) is 0.802. The van der Waals surface area contributed by atoms with E-state index in [-0.39, 0.29) is 12.0 Å². The van der Waals surface area contributed by atoms with Crippen molar-refractivity contribution in [2.45, 2.75) is 39.7 Å². The van der Waals surface area contributed by atoms with Crippen LogP contribution in [-0.2, 0) is 9.59 Å². The summed E-state index contributed by atoms with van der Waals surface area (Å²) in [7, 11) is 2.00. The van der Waals surface area contributed by atoms with Gasteiger partial charge in [0, 0.05) is 31.6 Å². The van der Waals surface area contributed by atoms with Gasteiger partial charge in [0.1, 0.15) is 0 Å². The molecule has 0 aromatic rings. The fraction of sp³-hybridized carbons (Fsp3) is 0.786. The highest BCUT2D eigenvalue weighted by molar-refractivity contribution is 5.96. The molecular weight excluding hydrogens is 274 g/mol. The van der Waals surface area contributed by atoms with Crippen LogP contribution in [0.1, 0.15) is 34.1 Å². The van der Waals surface area contributed by atoms with E-state index < -0.39 is 23.3 Å². The lowest BCUT2D eigenvalue weighted by Crippen LogP contribution is -2.61. The number of amides is 3. The first-order valence-corrected chi connectivity index (χ1v) is 6.99. The van der Waals surface area contributed by atoms with E-state index in [4.69, 9.17) is 5.11 Å². The van der Waals surface area contributed by atoms with Crippen molar-refractivity contribution in [3.8, 4) is 0 Å². The van der Waals surface area contributed by atoms with Gasteiger partial charge >= 0.3 is 12.0 Å². The lowest BCUT2D eigenvalue weighted by Gasteiger charge is -2.45. The Morgan fingerprint density at radius 2 is 1.81 bits per heavy atom. The predicted molar refractivity (Wildman–Crippen MR) is 77.9 cm³/mol. The average molecular weight is 299 g/mol. The molecular formula is C14H25N3O4. The van der Waals surface area contributed by atoms with Crippen molar-refractivity contribution < 1.29 is 19.5 Å². The number of hydrogen-bond donors (Lipinski definition) is 2. The molecule has 7 nitrogen and oxygen atoms in total. The van der Waals surface area contributed by atoms with Crippen LogP contribution in [0.2, 0.25) is 0 Å². The Bertz CT molecular complexity index is 446. The van der Waals surface area contributed by atoms with Crippen molar-refractivity contribution in [2.75, 3.05) is 26.7 Å². The first kappa shape index (κ1) is 17.4. The van der Waals surface area contributed by atoms with Gasteiger partial charge in [-0.1, -0.05) is 0 Å². The molecule has 2 N–H and O–H groups in total. The Balaban J connectivity index is 2.58. The van der Waals surface area contributed by atoms with Crippen LogP contribution in [0.3, 0.4) is 0 Å². The van der Waals surface area contributed by atoms with E-state index in [2.05, 4.69) is 10.2 Å². The van der Waals surface area contributed by atoms with E-state index in [1.807, 2.05) is 20.9 Å². The molecule has 1 rings (SSSR count). The maximum atomic E-state index is 12.1. The number of carbonyl (C=O) groups excluding carboxylic acids is 2. The van der Waals surface area contributed by atoms with Crippen LogP contribution in [0.15, 0.2) is 0 Å². The van der Waals surface area contributed by atoms with Crippen LogP contribution in [0.4, 0.5) is 4.79 Å². The molecule has 1 saturated heterocycles. The summed E-state index contributed by atoms with van der Waals surface area (Å²) in [6.45, 7) is 8.77. The van der Waals surface area contributed by atoms with Crippen LogP contribution >= 0.6 is 0 Å². The van der Waals surface area contributed by atoms with Crippen molar-refractivity contribution in [1.82, 2.24) is 15.1 Å². The van der Waals surface area contributed by atoms with Crippen molar-refractivity contribution in [1.29, 1.82) is 0 Å². The number of imide groups is 1. The molecule has 0 aliphatic carbocycles. The Kier molecular flexibility index (Phi) is 4.99. The third kappa shape index (κ3) is 4.42. The second-order valence-corrected chi connectivity index (χ2v) is 6.87.